The van der Waals surface area contributed by atoms with Crippen LogP contribution in [0.25, 0.3) is 0 Å². The largest absolute Gasteiger partial charge is 0.487 e. The van der Waals surface area contributed by atoms with Crippen LogP contribution in [0, 0.1) is 0 Å². The highest BCUT2D eigenvalue weighted by atomic mass is 35.5. The minimum absolute atomic E-state index is 0.0813. The van der Waals surface area contributed by atoms with Crippen molar-refractivity contribution in [3.8, 4) is 5.75 Å². The zero-order valence-corrected chi connectivity index (χ0v) is 17.9. The zero-order valence-electron chi connectivity index (χ0n) is 17.2. The van der Waals surface area contributed by atoms with E-state index in [-0.39, 0.29) is 12.0 Å². The summed E-state index contributed by atoms with van der Waals surface area (Å²) in [7, 11) is 1.63. The summed E-state index contributed by atoms with van der Waals surface area (Å²) in [6.07, 6.45) is 0.663. The number of rotatable bonds is 9. The van der Waals surface area contributed by atoms with Crippen LogP contribution in [-0.4, -0.2) is 44.7 Å². The van der Waals surface area contributed by atoms with Crippen molar-refractivity contribution < 1.29 is 9.53 Å². The highest BCUT2D eigenvalue weighted by Gasteiger charge is 2.08. The first-order valence-electron chi connectivity index (χ1n) is 9.77. The minimum Gasteiger partial charge on any atom is -0.487 e. The number of amides is 1. The number of benzene rings is 2. The van der Waals surface area contributed by atoms with Gasteiger partial charge in [0.05, 0.1) is 11.6 Å². The molecule has 1 amide bonds. The van der Waals surface area contributed by atoms with Crippen LogP contribution in [0.4, 0.5) is 0 Å². The van der Waals surface area contributed by atoms with Crippen molar-refractivity contribution in [2.45, 2.75) is 26.4 Å². The second kappa shape index (κ2) is 12.0. The molecule has 0 saturated carbocycles. The summed E-state index contributed by atoms with van der Waals surface area (Å²) in [4.78, 5) is 16.3. The molecule has 6 nitrogen and oxygen atoms in total. The van der Waals surface area contributed by atoms with Gasteiger partial charge < -0.3 is 20.7 Å². The van der Waals surface area contributed by atoms with E-state index in [2.05, 4.69) is 20.9 Å². The smallest absolute Gasteiger partial charge is 0.251 e. The number of aliphatic imine (C=N–C) groups is 1. The van der Waals surface area contributed by atoms with E-state index < -0.39 is 0 Å². The predicted molar refractivity (Wildman–Crippen MR) is 119 cm³/mol. The minimum atomic E-state index is -0.116. The average Bonchev–Trinajstić information content (AvgIpc) is 2.73. The van der Waals surface area contributed by atoms with Crippen LogP contribution in [0.5, 0.6) is 5.75 Å². The standard InChI is InChI=1S/C22H29ClN4O2/c1-4-25-22(27-15-16(2)29-20-11-6-5-10-19(20)23)26-13-12-17-8-7-9-18(14-17)21(28)24-3/h5-11,14,16H,4,12-13,15H2,1-3H3,(H,24,28)(H2,25,26,27). The lowest BCUT2D eigenvalue weighted by Crippen LogP contribution is -2.39. The van der Waals surface area contributed by atoms with Crippen molar-refractivity contribution in [2.75, 3.05) is 26.7 Å². The van der Waals surface area contributed by atoms with Crippen molar-refractivity contribution in [3.05, 3.63) is 64.7 Å². The maximum Gasteiger partial charge on any atom is 0.251 e. The van der Waals surface area contributed by atoms with E-state index >= 15 is 0 Å². The van der Waals surface area contributed by atoms with E-state index in [0.717, 1.165) is 24.5 Å². The Kier molecular flexibility index (Phi) is 9.31. The van der Waals surface area contributed by atoms with Gasteiger partial charge in [-0.05, 0) is 50.1 Å². The Balaban J connectivity index is 1.87. The summed E-state index contributed by atoms with van der Waals surface area (Å²) in [5, 5.41) is 9.78. The van der Waals surface area contributed by atoms with Gasteiger partial charge in [-0.3, -0.25) is 4.79 Å². The lowest BCUT2D eigenvalue weighted by molar-refractivity contribution is 0.0963. The number of carbonyl (C=O) groups is 1. The predicted octanol–water partition coefficient (Wildman–Crippen LogP) is 3.26. The van der Waals surface area contributed by atoms with E-state index in [9.17, 15) is 4.79 Å². The Morgan fingerprint density at radius 3 is 2.69 bits per heavy atom. The molecule has 7 heteroatoms. The van der Waals surface area contributed by atoms with Gasteiger partial charge in [0.15, 0.2) is 5.96 Å². The molecule has 0 radical (unpaired) electrons. The van der Waals surface area contributed by atoms with Crippen LogP contribution >= 0.6 is 11.6 Å². The number of para-hydroxylation sites is 1. The molecule has 2 aromatic carbocycles. The highest BCUT2D eigenvalue weighted by molar-refractivity contribution is 6.32. The molecule has 0 aromatic heterocycles. The zero-order chi connectivity index (χ0) is 21.1. The van der Waals surface area contributed by atoms with Crippen LogP contribution in [0.1, 0.15) is 29.8 Å². The van der Waals surface area contributed by atoms with E-state index in [1.165, 1.54) is 0 Å². The molecule has 3 N–H and O–H groups in total. The van der Waals surface area contributed by atoms with Crippen LogP contribution in [0.2, 0.25) is 5.02 Å². The van der Waals surface area contributed by atoms with Crippen molar-refractivity contribution in [1.29, 1.82) is 0 Å². The number of hydrogen-bond acceptors (Lipinski definition) is 3. The molecular formula is C22H29ClN4O2. The molecule has 0 spiro atoms. The molecule has 0 fully saturated rings. The van der Waals surface area contributed by atoms with Gasteiger partial charge >= 0.3 is 0 Å². The Morgan fingerprint density at radius 2 is 1.97 bits per heavy atom. The number of nitrogens with one attached hydrogen (secondary N) is 3. The van der Waals surface area contributed by atoms with Gasteiger partial charge in [-0.1, -0.05) is 35.9 Å². The van der Waals surface area contributed by atoms with Crippen molar-refractivity contribution in [1.82, 2.24) is 16.0 Å². The summed E-state index contributed by atoms with van der Waals surface area (Å²) in [6, 6.07) is 15.0. The number of guanidine groups is 1. The lowest BCUT2D eigenvalue weighted by Gasteiger charge is -2.16. The molecule has 0 aliphatic heterocycles. The summed E-state index contributed by atoms with van der Waals surface area (Å²) in [5.41, 5.74) is 1.75. The van der Waals surface area contributed by atoms with Gasteiger partial charge in [0.2, 0.25) is 0 Å². The van der Waals surface area contributed by atoms with Crippen molar-refractivity contribution in [3.63, 3.8) is 0 Å². The van der Waals surface area contributed by atoms with Crippen LogP contribution in [0.3, 0.4) is 0 Å². The summed E-state index contributed by atoms with van der Waals surface area (Å²) in [5.74, 6) is 1.30. The molecule has 0 bridgehead atoms. The SMILES string of the molecule is CCNC(=NCC(C)Oc1ccccc1Cl)NCCc1cccc(C(=O)NC)c1. The molecule has 0 saturated heterocycles. The fraction of sp³-hybridized carbons (Fsp3) is 0.364. The first kappa shape index (κ1) is 22.6. The molecule has 2 aromatic rings. The fourth-order valence-electron chi connectivity index (χ4n) is 2.69. The molecule has 0 heterocycles. The summed E-state index contributed by atoms with van der Waals surface area (Å²) in [6.45, 7) is 5.93. The van der Waals surface area contributed by atoms with E-state index in [1.807, 2.05) is 56.3 Å². The maximum absolute atomic E-state index is 11.8. The van der Waals surface area contributed by atoms with E-state index in [4.69, 9.17) is 16.3 Å². The summed E-state index contributed by atoms with van der Waals surface area (Å²) >= 11 is 6.14. The number of halogens is 1. The molecule has 0 aliphatic rings. The monoisotopic (exact) mass is 416 g/mol. The van der Waals surface area contributed by atoms with Crippen LogP contribution in [-0.2, 0) is 6.42 Å². The fourth-order valence-corrected chi connectivity index (χ4v) is 2.87. The van der Waals surface area contributed by atoms with Crippen LogP contribution in [0.15, 0.2) is 53.5 Å². The Morgan fingerprint density at radius 1 is 1.17 bits per heavy atom. The number of ether oxygens (including phenoxy) is 1. The van der Waals surface area contributed by atoms with Gasteiger partial charge in [0, 0.05) is 25.7 Å². The lowest BCUT2D eigenvalue weighted by atomic mass is 10.1. The van der Waals surface area contributed by atoms with Gasteiger partial charge in [0.25, 0.3) is 5.91 Å². The number of nitrogens with zero attached hydrogens (tertiary/aromatic N) is 1. The second-order valence-corrected chi connectivity index (χ2v) is 6.94. The number of carbonyl (C=O) groups excluding carboxylic acids is 1. The van der Waals surface area contributed by atoms with Gasteiger partial charge in [-0.25, -0.2) is 4.99 Å². The molecule has 29 heavy (non-hydrogen) atoms. The molecule has 156 valence electrons. The third-order valence-corrected chi connectivity index (χ3v) is 4.45. The first-order valence-corrected chi connectivity index (χ1v) is 10.2. The van der Waals surface area contributed by atoms with Crippen LogP contribution < -0.4 is 20.7 Å². The third kappa shape index (κ3) is 7.66. The van der Waals surface area contributed by atoms with Gasteiger partial charge in [0.1, 0.15) is 11.9 Å². The second-order valence-electron chi connectivity index (χ2n) is 6.53. The van der Waals surface area contributed by atoms with Gasteiger partial charge in [-0.2, -0.15) is 0 Å². The van der Waals surface area contributed by atoms with Crippen molar-refractivity contribution in [2.24, 2.45) is 4.99 Å². The molecule has 1 unspecified atom stereocenters. The van der Waals surface area contributed by atoms with E-state index in [0.29, 0.717) is 29.4 Å². The average molecular weight is 417 g/mol. The Bertz CT molecular complexity index is 826. The van der Waals surface area contributed by atoms with E-state index in [1.54, 1.807) is 13.1 Å². The molecule has 1 atom stereocenters. The highest BCUT2D eigenvalue weighted by Crippen LogP contribution is 2.24. The third-order valence-electron chi connectivity index (χ3n) is 4.14. The Labute approximate surface area is 177 Å². The van der Waals surface area contributed by atoms with Gasteiger partial charge in [-0.15, -0.1) is 0 Å². The van der Waals surface area contributed by atoms with Crippen molar-refractivity contribution >= 4 is 23.5 Å². The quantitative estimate of drug-likeness (QED) is 0.433. The first-order chi connectivity index (χ1) is 14.0. The maximum atomic E-state index is 11.8. The molecule has 2 rings (SSSR count). The summed E-state index contributed by atoms with van der Waals surface area (Å²) < 4.78 is 5.86. The molecule has 0 aliphatic carbocycles. The number of hydrogen-bond donors (Lipinski definition) is 3. The topological polar surface area (TPSA) is 74.8 Å². The normalized spacial score (nSPS) is 12.2. The molecular weight excluding hydrogens is 388 g/mol. The Hall–Kier alpha value is -2.73.